The van der Waals surface area contributed by atoms with Gasteiger partial charge in [-0.1, -0.05) is 62.3 Å². The molecule has 140 valence electrons. The SMILES string of the molecule is CC1CC=NN(C(C)(C)CC(C)(C)C)C=C1C(C)(C)CC(C)(C)C. The van der Waals surface area contributed by atoms with Gasteiger partial charge >= 0.3 is 0 Å². The average Bonchev–Trinajstić information content (AvgIpc) is 2.45. The van der Waals surface area contributed by atoms with Crippen LogP contribution < -0.4 is 0 Å². The van der Waals surface area contributed by atoms with Gasteiger partial charge in [0.15, 0.2) is 0 Å². The van der Waals surface area contributed by atoms with Crippen LogP contribution in [0.25, 0.3) is 0 Å². The molecule has 0 amide bonds. The van der Waals surface area contributed by atoms with E-state index in [0.717, 1.165) is 12.8 Å². The Bertz CT molecular complexity index is 481. The van der Waals surface area contributed by atoms with Gasteiger partial charge in [-0.3, -0.25) is 5.01 Å². The number of hydrogen-bond acceptors (Lipinski definition) is 2. The second-order valence-corrected chi connectivity index (χ2v) is 11.5. The molecule has 24 heavy (non-hydrogen) atoms. The van der Waals surface area contributed by atoms with Crippen molar-refractivity contribution in [2.45, 2.75) is 101 Å². The Morgan fingerprint density at radius 3 is 1.88 bits per heavy atom. The van der Waals surface area contributed by atoms with Gasteiger partial charge in [-0.2, -0.15) is 5.10 Å². The van der Waals surface area contributed by atoms with Crippen LogP contribution >= 0.6 is 0 Å². The van der Waals surface area contributed by atoms with Gasteiger partial charge in [-0.05, 0) is 60.8 Å². The molecule has 0 saturated heterocycles. The zero-order chi connectivity index (χ0) is 19.0. The summed E-state index contributed by atoms with van der Waals surface area (Å²) >= 11 is 0. The first kappa shape index (κ1) is 21.3. The third-order valence-electron chi connectivity index (χ3n) is 4.79. The molecule has 0 aliphatic carbocycles. The highest BCUT2D eigenvalue weighted by atomic mass is 15.5. The smallest absolute Gasteiger partial charge is 0.0576 e. The molecule has 2 nitrogen and oxygen atoms in total. The molecule has 0 fully saturated rings. The highest BCUT2D eigenvalue weighted by Crippen LogP contribution is 2.44. The summed E-state index contributed by atoms with van der Waals surface area (Å²) < 4.78 is 0. The molecule has 1 atom stereocenters. The molecule has 0 aromatic heterocycles. The van der Waals surface area contributed by atoms with Gasteiger partial charge in [0.1, 0.15) is 0 Å². The maximum atomic E-state index is 4.82. The Hall–Kier alpha value is -0.790. The Morgan fingerprint density at radius 2 is 1.42 bits per heavy atom. The normalized spacial score (nSPS) is 20.9. The minimum absolute atomic E-state index is 0.0157. The molecule has 1 aliphatic heterocycles. The molecule has 1 unspecified atom stereocenters. The molecule has 0 radical (unpaired) electrons. The van der Waals surface area contributed by atoms with E-state index in [0.29, 0.717) is 11.3 Å². The summed E-state index contributed by atoms with van der Waals surface area (Å²) in [5, 5.41) is 7.06. The van der Waals surface area contributed by atoms with E-state index in [4.69, 9.17) is 5.10 Å². The topological polar surface area (TPSA) is 15.6 Å². The van der Waals surface area contributed by atoms with E-state index < -0.39 is 0 Å². The van der Waals surface area contributed by atoms with Crippen LogP contribution in [0.2, 0.25) is 0 Å². The fourth-order valence-corrected chi connectivity index (χ4v) is 4.69. The van der Waals surface area contributed by atoms with Crippen LogP contribution in [-0.2, 0) is 0 Å². The minimum Gasteiger partial charge on any atom is -0.268 e. The van der Waals surface area contributed by atoms with Crippen LogP contribution in [0.15, 0.2) is 16.9 Å². The van der Waals surface area contributed by atoms with Crippen molar-refractivity contribution in [1.82, 2.24) is 5.01 Å². The van der Waals surface area contributed by atoms with Crippen molar-refractivity contribution >= 4 is 6.21 Å². The van der Waals surface area contributed by atoms with Crippen molar-refractivity contribution in [2.75, 3.05) is 0 Å². The number of allylic oxidation sites excluding steroid dienone is 1. The maximum absolute atomic E-state index is 4.82. The number of hydrogen-bond donors (Lipinski definition) is 0. The van der Waals surface area contributed by atoms with Crippen molar-refractivity contribution in [3.05, 3.63) is 11.8 Å². The van der Waals surface area contributed by atoms with Gasteiger partial charge in [0.2, 0.25) is 0 Å². The molecule has 1 heterocycles. The first-order chi connectivity index (χ1) is 10.5. The fraction of sp³-hybridized carbons (Fsp3) is 0.864. The maximum Gasteiger partial charge on any atom is 0.0576 e. The zero-order valence-corrected chi connectivity index (χ0v) is 18.2. The van der Waals surface area contributed by atoms with Crippen molar-refractivity contribution < 1.29 is 0 Å². The molecule has 0 saturated carbocycles. The summed E-state index contributed by atoms with van der Waals surface area (Å²) in [5.74, 6) is 0.543. The summed E-state index contributed by atoms with van der Waals surface area (Å²) in [6, 6.07) is 0. The van der Waals surface area contributed by atoms with E-state index in [1.807, 2.05) is 0 Å². The van der Waals surface area contributed by atoms with Gasteiger partial charge < -0.3 is 0 Å². The van der Waals surface area contributed by atoms with Crippen LogP contribution in [0, 0.1) is 22.2 Å². The summed E-state index contributed by atoms with van der Waals surface area (Å²) in [4.78, 5) is 0. The zero-order valence-electron chi connectivity index (χ0n) is 18.2. The lowest BCUT2D eigenvalue weighted by Crippen LogP contribution is -2.40. The predicted octanol–water partition coefficient (Wildman–Crippen LogP) is 6.88. The highest BCUT2D eigenvalue weighted by molar-refractivity contribution is 5.59. The largest absolute Gasteiger partial charge is 0.268 e. The van der Waals surface area contributed by atoms with Crippen LogP contribution in [0.5, 0.6) is 0 Å². The Kier molecular flexibility index (Phi) is 6.06. The van der Waals surface area contributed by atoms with Crippen LogP contribution in [0.4, 0.5) is 0 Å². The molecule has 1 aliphatic rings. The second-order valence-electron chi connectivity index (χ2n) is 11.5. The van der Waals surface area contributed by atoms with Crippen molar-refractivity contribution in [3.63, 3.8) is 0 Å². The number of nitrogens with zero attached hydrogens (tertiary/aromatic N) is 2. The van der Waals surface area contributed by atoms with E-state index in [1.165, 1.54) is 12.0 Å². The standard InChI is InChI=1S/C22H42N2/c1-17-12-13-23-24(22(10,11)16-20(5,6)7)14-18(17)21(8,9)15-19(2,3)4/h13-14,17H,12,15-16H2,1-11H3. The van der Waals surface area contributed by atoms with E-state index >= 15 is 0 Å². The molecular formula is C22H42N2. The van der Waals surface area contributed by atoms with Gasteiger partial charge in [0.05, 0.1) is 5.54 Å². The van der Waals surface area contributed by atoms with E-state index in [1.54, 1.807) is 0 Å². The molecule has 0 aromatic rings. The minimum atomic E-state index is 0.0157. The number of rotatable bonds is 4. The molecule has 2 heteroatoms. The van der Waals surface area contributed by atoms with E-state index in [-0.39, 0.29) is 16.4 Å². The lowest BCUT2D eigenvalue weighted by atomic mass is 9.68. The van der Waals surface area contributed by atoms with Gasteiger partial charge in [0, 0.05) is 12.4 Å². The van der Waals surface area contributed by atoms with Gasteiger partial charge in [-0.15, -0.1) is 0 Å². The summed E-state index contributed by atoms with van der Waals surface area (Å²) in [5.41, 5.74) is 2.34. The van der Waals surface area contributed by atoms with Crippen LogP contribution in [0.1, 0.15) is 95.4 Å². The molecule has 0 aromatic carbocycles. The third kappa shape index (κ3) is 6.26. The lowest BCUT2D eigenvalue weighted by Gasteiger charge is -2.41. The molecule has 0 N–H and O–H groups in total. The lowest BCUT2D eigenvalue weighted by molar-refractivity contribution is 0.124. The quantitative estimate of drug-likeness (QED) is 0.547. The van der Waals surface area contributed by atoms with E-state index in [9.17, 15) is 0 Å². The summed E-state index contributed by atoms with van der Waals surface area (Å²) in [6.45, 7) is 25.8. The van der Waals surface area contributed by atoms with Gasteiger partial charge in [0.25, 0.3) is 0 Å². The van der Waals surface area contributed by atoms with Crippen molar-refractivity contribution in [2.24, 2.45) is 27.3 Å². The first-order valence-corrected chi connectivity index (χ1v) is 9.58. The third-order valence-corrected chi connectivity index (χ3v) is 4.79. The molecule has 1 rings (SSSR count). The average molecular weight is 335 g/mol. The van der Waals surface area contributed by atoms with Gasteiger partial charge in [-0.25, -0.2) is 0 Å². The molecular weight excluding hydrogens is 292 g/mol. The summed E-state index contributed by atoms with van der Waals surface area (Å²) in [7, 11) is 0. The monoisotopic (exact) mass is 334 g/mol. The fourth-order valence-electron chi connectivity index (χ4n) is 4.69. The molecule has 0 spiro atoms. The van der Waals surface area contributed by atoms with Crippen LogP contribution in [0.3, 0.4) is 0 Å². The first-order valence-electron chi connectivity index (χ1n) is 9.58. The Morgan fingerprint density at radius 1 is 0.917 bits per heavy atom. The van der Waals surface area contributed by atoms with Crippen molar-refractivity contribution in [3.8, 4) is 0 Å². The second kappa shape index (κ2) is 6.84. The highest BCUT2D eigenvalue weighted by Gasteiger charge is 2.36. The summed E-state index contributed by atoms with van der Waals surface area (Å²) in [6.07, 6.45) is 7.80. The Balaban J connectivity index is 3.21. The molecule has 0 bridgehead atoms. The van der Waals surface area contributed by atoms with E-state index in [2.05, 4.69) is 93.6 Å². The predicted molar refractivity (Wildman–Crippen MR) is 108 cm³/mol. The Labute approximate surface area is 151 Å². The van der Waals surface area contributed by atoms with Crippen LogP contribution in [-0.4, -0.2) is 16.8 Å². The van der Waals surface area contributed by atoms with Crippen molar-refractivity contribution in [1.29, 1.82) is 0 Å². The number of hydrazone groups is 1.